The van der Waals surface area contributed by atoms with E-state index < -0.39 is 0 Å². The highest BCUT2D eigenvalue weighted by Gasteiger charge is 2.17. The van der Waals surface area contributed by atoms with Crippen LogP contribution >= 0.6 is 0 Å². The Hall–Kier alpha value is -2.13. The fourth-order valence-electron chi connectivity index (χ4n) is 2.58. The van der Waals surface area contributed by atoms with Crippen molar-refractivity contribution in [1.82, 2.24) is 4.90 Å². The lowest BCUT2D eigenvalue weighted by molar-refractivity contribution is 0.0783. The van der Waals surface area contributed by atoms with Crippen LogP contribution in [0.5, 0.6) is 0 Å². The summed E-state index contributed by atoms with van der Waals surface area (Å²) in [5, 5.41) is 0. The molecule has 110 valence electrons. The van der Waals surface area contributed by atoms with Crippen molar-refractivity contribution in [2.75, 3.05) is 7.05 Å². The van der Waals surface area contributed by atoms with Crippen molar-refractivity contribution in [3.05, 3.63) is 70.3 Å². The van der Waals surface area contributed by atoms with Crippen LogP contribution < -0.4 is 5.73 Å². The lowest BCUT2D eigenvalue weighted by Crippen LogP contribution is -2.28. The predicted molar refractivity (Wildman–Crippen MR) is 86.0 cm³/mol. The van der Waals surface area contributed by atoms with Crippen LogP contribution in [0.3, 0.4) is 0 Å². The number of amides is 1. The Balaban J connectivity index is 2.24. The fourth-order valence-corrected chi connectivity index (χ4v) is 2.58. The van der Waals surface area contributed by atoms with Crippen LogP contribution in [0.4, 0.5) is 0 Å². The highest BCUT2D eigenvalue weighted by atomic mass is 16.2. The molecule has 0 bridgehead atoms. The zero-order valence-corrected chi connectivity index (χ0v) is 12.9. The van der Waals surface area contributed by atoms with Crippen molar-refractivity contribution in [2.24, 2.45) is 5.73 Å². The Morgan fingerprint density at radius 1 is 1.00 bits per heavy atom. The average Bonchev–Trinajstić information content (AvgIpc) is 2.47. The van der Waals surface area contributed by atoms with Gasteiger partial charge in [0.25, 0.3) is 5.91 Å². The van der Waals surface area contributed by atoms with Crippen LogP contribution in [0.15, 0.2) is 42.5 Å². The van der Waals surface area contributed by atoms with Crippen LogP contribution in [-0.4, -0.2) is 17.9 Å². The van der Waals surface area contributed by atoms with Crippen molar-refractivity contribution in [2.45, 2.75) is 26.9 Å². The molecule has 3 heteroatoms. The number of benzene rings is 2. The number of nitrogens with zero attached hydrogens (tertiary/aromatic N) is 1. The van der Waals surface area contributed by atoms with E-state index in [0.29, 0.717) is 13.1 Å². The first kappa shape index (κ1) is 15.3. The number of aryl methyl sites for hydroxylation is 2. The lowest BCUT2D eigenvalue weighted by atomic mass is 10.0. The van der Waals surface area contributed by atoms with E-state index in [1.165, 1.54) is 0 Å². The highest BCUT2D eigenvalue weighted by Crippen LogP contribution is 2.17. The summed E-state index contributed by atoms with van der Waals surface area (Å²) < 4.78 is 0. The van der Waals surface area contributed by atoms with E-state index in [4.69, 9.17) is 5.73 Å². The van der Waals surface area contributed by atoms with E-state index in [2.05, 4.69) is 0 Å². The Labute approximate surface area is 126 Å². The molecule has 0 saturated heterocycles. The second kappa shape index (κ2) is 6.55. The molecule has 0 spiro atoms. The first-order chi connectivity index (χ1) is 10.0. The van der Waals surface area contributed by atoms with Crippen molar-refractivity contribution < 1.29 is 4.79 Å². The van der Waals surface area contributed by atoms with Gasteiger partial charge >= 0.3 is 0 Å². The van der Waals surface area contributed by atoms with Crippen molar-refractivity contribution in [3.63, 3.8) is 0 Å². The number of hydrogen-bond donors (Lipinski definition) is 1. The molecule has 0 unspecified atom stereocenters. The minimum Gasteiger partial charge on any atom is -0.337 e. The third-order valence-corrected chi connectivity index (χ3v) is 3.79. The molecule has 2 aromatic carbocycles. The molecule has 0 aliphatic carbocycles. The molecular weight excluding hydrogens is 260 g/mol. The van der Waals surface area contributed by atoms with E-state index in [1.807, 2.05) is 63.4 Å². The van der Waals surface area contributed by atoms with Crippen molar-refractivity contribution >= 4 is 5.91 Å². The molecule has 0 heterocycles. The van der Waals surface area contributed by atoms with Gasteiger partial charge in [-0.15, -0.1) is 0 Å². The van der Waals surface area contributed by atoms with Crippen LogP contribution in [-0.2, 0) is 13.1 Å². The van der Waals surface area contributed by atoms with Crippen LogP contribution in [0.1, 0.15) is 32.6 Å². The van der Waals surface area contributed by atoms with Crippen molar-refractivity contribution in [1.29, 1.82) is 0 Å². The monoisotopic (exact) mass is 282 g/mol. The molecule has 0 aliphatic rings. The maximum atomic E-state index is 12.7. The standard InChI is InChI=1S/C18H22N2O/c1-13-7-6-8-14(2)17(13)18(21)20(3)12-16-10-5-4-9-15(16)11-19/h4-10H,11-12,19H2,1-3H3. The normalized spacial score (nSPS) is 10.5. The Morgan fingerprint density at radius 3 is 2.14 bits per heavy atom. The lowest BCUT2D eigenvalue weighted by Gasteiger charge is -2.21. The van der Waals surface area contributed by atoms with Gasteiger partial charge in [-0.25, -0.2) is 0 Å². The second-order valence-electron chi connectivity index (χ2n) is 5.40. The number of hydrogen-bond acceptors (Lipinski definition) is 2. The summed E-state index contributed by atoms with van der Waals surface area (Å²) in [7, 11) is 1.83. The summed E-state index contributed by atoms with van der Waals surface area (Å²) in [6, 6.07) is 13.9. The van der Waals surface area contributed by atoms with Gasteiger partial charge in [0.1, 0.15) is 0 Å². The first-order valence-corrected chi connectivity index (χ1v) is 7.13. The van der Waals surface area contributed by atoms with Crippen LogP contribution in [0.25, 0.3) is 0 Å². The SMILES string of the molecule is Cc1cccc(C)c1C(=O)N(C)Cc1ccccc1CN. The average molecular weight is 282 g/mol. The molecule has 3 nitrogen and oxygen atoms in total. The molecule has 0 atom stereocenters. The highest BCUT2D eigenvalue weighted by molar-refractivity contribution is 5.96. The Morgan fingerprint density at radius 2 is 1.57 bits per heavy atom. The van der Waals surface area contributed by atoms with Gasteiger partial charge in [0.15, 0.2) is 0 Å². The summed E-state index contributed by atoms with van der Waals surface area (Å²) >= 11 is 0. The summed E-state index contributed by atoms with van der Waals surface area (Å²) in [6.45, 7) is 5.01. The Bertz CT molecular complexity index is 629. The summed E-state index contributed by atoms with van der Waals surface area (Å²) in [4.78, 5) is 14.4. The molecule has 1 amide bonds. The van der Waals surface area contributed by atoms with Crippen LogP contribution in [0.2, 0.25) is 0 Å². The van der Waals surface area contributed by atoms with Gasteiger partial charge in [0.05, 0.1) is 0 Å². The quantitative estimate of drug-likeness (QED) is 0.937. The molecule has 0 saturated carbocycles. The van der Waals surface area contributed by atoms with Crippen LogP contribution in [0, 0.1) is 13.8 Å². The topological polar surface area (TPSA) is 46.3 Å². The largest absolute Gasteiger partial charge is 0.337 e. The fraction of sp³-hybridized carbons (Fsp3) is 0.278. The van der Waals surface area contributed by atoms with Gasteiger partial charge in [-0.3, -0.25) is 4.79 Å². The second-order valence-corrected chi connectivity index (χ2v) is 5.40. The molecule has 0 radical (unpaired) electrons. The molecule has 21 heavy (non-hydrogen) atoms. The van der Waals surface area contributed by atoms with Gasteiger partial charge < -0.3 is 10.6 Å². The summed E-state index contributed by atoms with van der Waals surface area (Å²) in [5.74, 6) is 0.0532. The number of nitrogens with two attached hydrogens (primary N) is 1. The molecule has 2 rings (SSSR count). The zero-order valence-electron chi connectivity index (χ0n) is 12.9. The van der Waals surface area contributed by atoms with E-state index in [9.17, 15) is 4.79 Å². The third kappa shape index (κ3) is 3.31. The Kier molecular flexibility index (Phi) is 4.76. The van der Waals surface area contributed by atoms with Gasteiger partial charge in [-0.1, -0.05) is 42.5 Å². The van der Waals surface area contributed by atoms with E-state index in [1.54, 1.807) is 4.90 Å². The van der Waals surface area contributed by atoms with E-state index >= 15 is 0 Å². The predicted octanol–water partition coefficient (Wildman–Crippen LogP) is 3.03. The first-order valence-electron chi connectivity index (χ1n) is 7.13. The van der Waals surface area contributed by atoms with E-state index in [0.717, 1.165) is 27.8 Å². The summed E-state index contributed by atoms with van der Waals surface area (Å²) in [5.41, 5.74) is 10.8. The number of carbonyl (C=O) groups is 1. The number of rotatable bonds is 4. The molecule has 0 aromatic heterocycles. The molecular formula is C18H22N2O. The molecule has 0 fully saturated rings. The molecule has 0 aliphatic heterocycles. The maximum Gasteiger partial charge on any atom is 0.254 e. The van der Waals surface area contributed by atoms with E-state index in [-0.39, 0.29) is 5.91 Å². The summed E-state index contributed by atoms with van der Waals surface area (Å²) in [6.07, 6.45) is 0. The van der Waals surface area contributed by atoms with Gasteiger partial charge in [-0.05, 0) is 36.1 Å². The maximum absolute atomic E-state index is 12.7. The van der Waals surface area contributed by atoms with Gasteiger partial charge in [-0.2, -0.15) is 0 Å². The van der Waals surface area contributed by atoms with Gasteiger partial charge in [0.2, 0.25) is 0 Å². The zero-order chi connectivity index (χ0) is 15.4. The molecule has 2 N–H and O–H groups in total. The smallest absolute Gasteiger partial charge is 0.254 e. The minimum absolute atomic E-state index is 0.0532. The number of carbonyl (C=O) groups excluding carboxylic acids is 1. The molecule has 2 aromatic rings. The third-order valence-electron chi connectivity index (χ3n) is 3.79. The minimum atomic E-state index is 0.0532. The van der Waals surface area contributed by atoms with Crippen molar-refractivity contribution in [3.8, 4) is 0 Å². The van der Waals surface area contributed by atoms with Gasteiger partial charge in [0, 0.05) is 25.7 Å².